The van der Waals surface area contributed by atoms with Gasteiger partial charge < -0.3 is 0 Å². The maximum Gasteiger partial charge on any atom is 0.322 e. The van der Waals surface area contributed by atoms with E-state index in [0.29, 0.717) is 5.39 Å². The molecular weight excluding hydrogens is 523 g/mol. The van der Waals surface area contributed by atoms with E-state index in [4.69, 9.17) is 0 Å². The predicted octanol–water partition coefficient (Wildman–Crippen LogP) is 4.88. The Kier molecular flexibility index (Phi) is 5.09. The van der Waals surface area contributed by atoms with Gasteiger partial charge in [-0.1, -0.05) is 24.3 Å². The number of hydrogen-bond donors (Lipinski definition) is 0. The molecule has 5 rings (SSSR count). The van der Waals surface area contributed by atoms with E-state index >= 15 is 0 Å². The summed E-state index contributed by atoms with van der Waals surface area (Å²) in [6.45, 7) is 0. The maximum absolute atomic E-state index is 14.6. The van der Waals surface area contributed by atoms with E-state index in [1.807, 2.05) is 0 Å². The molecule has 0 spiro atoms. The molecule has 0 saturated heterocycles. The Balaban J connectivity index is 1.75. The van der Waals surface area contributed by atoms with Gasteiger partial charge in [0.05, 0.1) is 21.9 Å². The van der Waals surface area contributed by atoms with Crippen LogP contribution in [0.5, 0.6) is 0 Å². The van der Waals surface area contributed by atoms with E-state index in [1.54, 1.807) is 0 Å². The number of hydroxylamine groups is 2. The third kappa shape index (κ3) is 3.04. The van der Waals surface area contributed by atoms with Gasteiger partial charge in [0.25, 0.3) is 11.8 Å². The Morgan fingerprint density at radius 3 is 1.53 bits per heavy atom. The largest absolute Gasteiger partial charge is 0.322 e. The van der Waals surface area contributed by atoms with E-state index in [2.05, 4.69) is 4.28 Å². The van der Waals surface area contributed by atoms with Gasteiger partial charge in [-0.15, -0.1) is 9.35 Å². The quantitative estimate of drug-likeness (QED) is 0.164. The van der Waals surface area contributed by atoms with Crippen molar-refractivity contribution in [3.63, 3.8) is 0 Å². The SMILES string of the molecule is O=C1c2cccc3cccc(c23)C(=O)N1OS(=O)(=O)c1c(F)c(F)c(F)c2c(F)c(F)c(F)c(F)c12. The molecule has 2 amide bonds. The van der Waals surface area contributed by atoms with Crippen molar-refractivity contribution in [2.45, 2.75) is 4.90 Å². The van der Waals surface area contributed by atoms with Crippen molar-refractivity contribution >= 4 is 43.5 Å². The highest BCUT2D eigenvalue weighted by Gasteiger charge is 2.41. The van der Waals surface area contributed by atoms with E-state index in [-0.39, 0.29) is 21.6 Å². The lowest BCUT2D eigenvalue weighted by Gasteiger charge is -2.25. The summed E-state index contributed by atoms with van der Waals surface area (Å²) in [5.74, 6) is -21.3. The average Bonchev–Trinajstić information content (AvgIpc) is 2.85. The third-order valence-corrected chi connectivity index (χ3v) is 6.68. The maximum atomic E-state index is 14.6. The topological polar surface area (TPSA) is 80.8 Å². The number of carbonyl (C=O) groups is 2. The first kappa shape index (κ1) is 23.7. The zero-order chi connectivity index (χ0) is 26.3. The number of rotatable bonds is 3. The summed E-state index contributed by atoms with van der Waals surface area (Å²) in [6.07, 6.45) is 0. The van der Waals surface area contributed by atoms with E-state index in [1.165, 1.54) is 36.4 Å². The second kappa shape index (κ2) is 7.73. The molecule has 0 fully saturated rings. The van der Waals surface area contributed by atoms with Crippen molar-refractivity contribution in [2.75, 3.05) is 0 Å². The lowest BCUT2D eigenvalue weighted by molar-refractivity contribution is -0.0156. The Labute approximate surface area is 195 Å². The predicted molar refractivity (Wildman–Crippen MR) is 106 cm³/mol. The fourth-order valence-electron chi connectivity index (χ4n) is 3.91. The number of amides is 2. The van der Waals surface area contributed by atoms with Crippen molar-refractivity contribution in [1.29, 1.82) is 0 Å². The summed E-state index contributed by atoms with van der Waals surface area (Å²) in [5.41, 5.74) is -0.502. The number of imide groups is 1. The summed E-state index contributed by atoms with van der Waals surface area (Å²) >= 11 is 0. The van der Waals surface area contributed by atoms with Crippen LogP contribution in [0.2, 0.25) is 0 Å². The summed E-state index contributed by atoms with van der Waals surface area (Å²) in [6, 6.07) is 8.18. The van der Waals surface area contributed by atoms with Crippen molar-refractivity contribution in [3.8, 4) is 0 Å². The number of halogens is 7. The summed E-state index contributed by atoms with van der Waals surface area (Å²) in [4.78, 5) is 23.4. The van der Waals surface area contributed by atoms with Crippen LogP contribution < -0.4 is 0 Å². The molecule has 0 radical (unpaired) electrons. The van der Waals surface area contributed by atoms with Gasteiger partial charge in [0.2, 0.25) is 0 Å². The van der Waals surface area contributed by atoms with Crippen LogP contribution in [-0.4, -0.2) is 25.3 Å². The molecule has 1 heterocycles. The molecule has 0 aliphatic carbocycles. The van der Waals surface area contributed by atoms with Gasteiger partial charge in [-0.05, 0) is 17.5 Å². The molecule has 0 atom stereocenters. The number of benzene rings is 4. The van der Waals surface area contributed by atoms with Gasteiger partial charge in [-0.25, -0.2) is 30.7 Å². The monoisotopic (exact) mass is 529 g/mol. The van der Waals surface area contributed by atoms with Crippen molar-refractivity contribution in [1.82, 2.24) is 5.06 Å². The first-order valence-corrected chi connectivity index (χ1v) is 11.0. The van der Waals surface area contributed by atoms with Crippen molar-refractivity contribution < 1.29 is 53.0 Å². The van der Waals surface area contributed by atoms with Crippen LogP contribution in [-0.2, 0) is 14.4 Å². The lowest BCUT2D eigenvalue weighted by Crippen LogP contribution is -2.42. The minimum atomic E-state index is -6.06. The Bertz CT molecular complexity index is 1750. The second-order valence-corrected chi connectivity index (χ2v) is 8.89. The molecule has 1 aliphatic heterocycles. The van der Waals surface area contributed by atoms with Crippen LogP contribution in [0.15, 0.2) is 41.3 Å². The van der Waals surface area contributed by atoms with Gasteiger partial charge in [0.15, 0.2) is 40.7 Å². The Morgan fingerprint density at radius 1 is 0.583 bits per heavy atom. The molecule has 14 heteroatoms. The summed E-state index contributed by atoms with van der Waals surface area (Å²) < 4.78 is 129. The van der Waals surface area contributed by atoms with Gasteiger partial charge in [0, 0.05) is 5.39 Å². The number of nitrogens with zero attached hydrogens (tertiary/aromatic N) is 1. The molecule has 184 valence electrons. The molecular formula is C22H6F7NO5S. The van der Waals surface area contributed by atoms with Crippen molar-refractivity contribution in [2.24, 2.45) is 0 Å². The average molecular weight is 529 g/mol. The van der Waals surface area contributed by atoms with Crippen LogP contribution in [0.25, 0.3) is 21.5 Å². The van der Waals surface area contributed by atoms with Crippen LogP contribution in [0.1, 0.15) is 20.7 Å². The molecule has 1 aliphatic rings. The molecule has 4 aromatic rings. The molecule has 6 nitrogen and oxygen atoms in total. The van der Waals surface area contributed by atoms with Gasteiger partial charge in [-0.3, -0.25) is 9.59 Å². The molecule has 4 aromatic carbocycles. The zero-order valence-electron chi connectivity index (χ0n) is 17.0. The van der Waals surface area contributed by atoms with Crippen LogP contribution >= 0.6 is 0 Å². The highest BCUT2D eigenvalue weighted by Crippen LogP contribution is 2.38. The third-order valence-electron chi connectivity index (χ3n) is 5.46. The molecule has 0 bridgehead atoms. The number of carbonyl (C=O) groups excluding carboxylic acids is 2. The first-order chi connectivity index (χ1) is 16.9. The molecule has 0 aromatic heterocycles. The fraction of sp³-hybridized carbons (Fsp3) is 0. The van der Waals surface area contributed by atoms with Gasteiger partial charge in [0.1, 0.15) is 4.90 Å². The highest BCUT2D eigenvalue weighted by atomic mass is 32.2. The van der Waals surface area contributed by atoms with E-state index < -0.39 is 78.3 Å². The van der Waals surface area contributed by atoms with Gasteiger partial charge >= 0.3 is 10.1 Å². The summed E-state index contributed by atoms with van der Waals surface area (Å²) in [7, 11) is -6.06. The minimum Gasteiger partial charge on any atom is -0.266 e. The highest BCUT2D eigenvalue weighted by molar-refractivity contribution is 7.87. The normalized spacial score (nSPS) is 13.8. The second-order valence-electron chi connectivity index (χ2n) is 7.42. The number of hydrogen-bond acceptors (Lipinski definition) is 5. The molecule has 0 N–H and O–H groups in total. The van der Waals surface area contributed by atoms with E-state index in [9.17, 15) is 48.7 Å². The van der Waals surface area contributed by atoms with Gasteiger partial charge in [-0.2, -0.15) is 8.42 Å². The molecule has 0 unspecified atom stereocenters. The zero-order valence-corrected chi connectivity index (χ0v) is 17.8. The molecule has 36 heavy (non-hydrogen) atoms. The van der Waals surface area contributed by atoms with E-state index in [0.717, 1.165) is 0 Å². The lowest BCUT2D eigenvalue weighted by atomic mass is 9.95. The van der Waals surface area contributed by atoms with Crippen LogP contribution in [0, 0.1) is 40.7 Å². The van der Waals surface area contributed by atoms with Crippen LogP contribution in [0.3, 0.4) is 0 Å². The summed E-state index contributed by atoms with van der Waals surface area (Å²) in [5, 5.41) is -4.03. The van der Waals surface area contributed by atoms with Crippen molar-refractivity contribution in [3.05, 3.63) is 88.2 Å². The smallest absolute Gasteiger partial charge is 0.266 e. The first-order valence-electron chi connectivity index (χ1n) is 9.55. The molecule has 0 saturated carbocycles. The number of fused-ring (bicyclic) bond motifs is 1. The fourth-order valence-corrected chi connectivity index (χ4v) is 5.07. The van der Waals surface area contributed by atoms with Crippen LogP contribution in [0.4, 0.5) is 30.7 Å². The Hall–Kier alpha value is -4.04. The standard InChI is InChI=1S/C22H6F7NO5S/c23-13-11-12(15(25)17(27)16(13)26)20(19(29)18(28)14(11)24)36(33,34)35-30-21(31)8-5-1-3-7-4-2-6-9(10(7)8)22(30)32/h1-6H. The minimum absolute atomic E-state index is 0.113. The Morgan fingerprint density at radius 2 is 1.03 bits per heavy atom.